The number of aromatic nitrogens is 1. The summed E-state index contributed by atoms with van der Waals surface area (Å²) in [5.41, 5.74) is 2.94. The van der Waals surface area contributed by atoms with E-state index in [0.29, 0.717) is 18.0 Å². The van der Waals surface area contributed by atoms with Crippen LogP contribution >= 0.6 is 0 Å². The van der Waals surface area contributed by atoms with Crippen LogP contribution in [0.4, 0.5) is 11.5 Å². The number of para-hydroxylation sites is 2. The lowest BCUT2D eigenvalue weighted by Gasteiger charge is -2.36. The van der Waals surface area contributed by atoms with Gasteiger partial charge in [-0.05, 0) is 48.0 Å². The van der Waals surface area contributed by atoms with Crippen LogP contribution < -0.4 is 29.3 Å². The number of carbonyl (C=O) groups is 1. The fraction of sp³-hybridized carbons (Fsp3) is 0.241. The van der Waals surface area contributed by atoms with Crippen molar-refractivity contribution in [2.75, 3.05) is 49.4 Å². The third-order valence-corrected chi connectivity index (χ3v) is 6.68. The van der Waals surface area contributed by atoms with Gasteiger partial charge < -0.3 is 29.3 Å². The zero-order valence-electron chi connectivity index (χ0n) is 20.4. The number of rotatable bonds is 7. The Hall–Kier alpha value is -4.46. The van der Waals surface area contributed by atoms with Gasteiger partial charge in [0.1, 0.15) is 17.1 Å². The fourth-order valence-electron chi connectivity index (χ4n) is 4.68. The molecule has 37 heavy (non-hydrogen) atoms. The Morgan fingerprint density at radius 2 is 1.68 bits per heavy atom. The van der Waals surface area contributed by atoms with E-state index in [-0.39, 0.29) is 19.3 Å². The average molecular weight is 497 g/mol. The third-order valence-electron chi connectivity index (χ3n) is 6.68. The van der Waals surface area contributed by atoms with Gasteiger partial charge in [-0.15, -0.1) is 0 Å². The van der Waals surface area contributed by atoms with Crippen LogP contribution in [0.5, 0.6) is 17.2 Å². The molecule has 2 aliphatic heterocycles. The Morgan fingerprint density at radius 3 is 2.54 bits per heavy atom. The molecule has 0 saturated carbocycles. The van der Waals surface area contributed by atoms with E-state index in [9.17, 15) is 4.79 Å². The van der Waals surface area contributed by atoms with Crippen LogP contribution in [0.2, 0.25) is 0 Å². The van der Waals surface area contributed by atoms with Gasteiger partial charge in [-0.2, -0.15) is 0 Å². The summed E-state index contributed by atoms with van der Waals surface area (Å²) in [6, 6.07) is 26.0. The predicted octanol–water partition coefficient (Wildman–Crippen LogP) is 3.99. The van der Waals surface area contributed by atoms with Crippen molar-refractivity contribution in [2.24, 2.45) is 0 Å². The largest absolute Gasteiger partial charge is 0.481 e. The van der Waals surface area contributed by atoms with Crippen LogP contribution in [0.1, 0.15) is 5.56 Å². The summed E-state index contributed by atoms with van der Waals surface area (Å²) in [5, 5.41) is 3.87. The second-order valence-electron chi connectivity index (χ2n) is 9.06. The number of benzene rings is 3. The highest BCUT2D eigenvalue weighted by Crippen LogP contribution is 2.32. The van der Waals surface area contributed by atoms with Crippen molar-refractivity contribution >= 4 is 28.3 Å². The van der Waals surface area contributed by atoms with Crippen molar-refractivity contribution in [1.82, 2.24) is 10.3 Å². The minimum atomic E-state index is -0.206. The Balaban J connectivity index is 1.08. The van der Waals surface area contributed by atoms with Crippen LogP contribution in [0.15, 0.2) is 78.9 Å². The average Bonchev–Trinajstić information content (AvgIpc) is 3.43. The summed E-state index contributed by atoms with van der Waals surface area (Å²) < 4.78 is 16.6. The maximum Gasteiger partial charge on any atom is 0.258 e. The molecule has 4 aromatic rings. The van der Waals surface area contributed by atoms with Crippen molar-refractivity contribution in [3.05, 3.63) is 84.4 Å². The number of nitrogens with zero attached hydrogens (tertiary/aromatic N) is 3. The second kappa shape index (κ2) is 10.3. The molecule has 0 atom stereocenters. The summed E-state index contributed by atoms with van der Waals surface area (Å²) in [6.45, 7) is 4.16. The number of pyridine rings is 1. The van der Waals surface area contributed by atoms with E-state index in [1.54, 1.807) is 0 Å². The predicted molar refractivity (Wildman–Crippen MR) is 143 cm³/mol. The van der Waals surface area contributed by atoms with Gasteiger partial charge in [0.25, 0.3) is 5.91 Å². The molecule has 1 saturated heterocycles. The van der Waals surface area contributed by atoms with Crippen molar-refractivity contribution in [3.8, 4) is 17.2 Å². The SMILES string of the molecule is O=C(COc1cccc2ccc(N3CCN(c4ccccc4)CC3)nc12)NCc1ccc2c(c1)OCO2. The number of piperazine rings is 1. The molecule has 3 heterocycles. The van der Waals surface area contributed by atoms with Gasteiger partial charge in [0.05, 0.1) is 0 Å². The van der Waals surface area contributed by atoms with Crippen LogP contribution in [0.3, 0.4) is 0 Å². The van der Waals surface area contributed by atoms with E-state index in [4.69, 9.17) is 19.2 Å². The second-order valence-corrected chi connectivity index (χ2v) is 9.06. The van der Waals surface area contributed by atoms with Crippen molar-refractivity contribution in [1.29, 1.82) is 0 Å². The van der Waals surface area contributed by atoms with Crippen molar-refractivity contribution < 1.29 is 19.0 Å². The molecule has 3 aromatic carbocycles. The van der Waals surface area contributed by atoms with Gasteiger partial charge >= 0.3 is 0 Å². The molecule has 8 heteroatoms. The first-order valence-corrected chi connectivity index (χ1v) is 12.5. The van der Waals surface area contributed by atoms with Crippen molar-refractivity contribution in [2.45, 2.75) is 6.54 Å². The van der Waals surface area contributed by atoms with Gasteiger partial charge in [0, 0.05) is 43.8 Å². The Morgan fingerprint density at radius 1 is 0.865 bits per heavy atom. The zero-order chi connectivity index (χ0) is 25.0. The molecule has 1 aromatic heterocycles. The van der Waals surface area contributed by atoms with Gasteiger partial charge in [0.15, 0.2) is 18.1 Å². The molecule has 6 rings (SSSR count). The molecular weight excluding hydrogens is 468 g/mol. The minimum Gasteiger partial charge on any atom is -0.481 e. The molecule has 0 bridgehead atoms. The third kappa shape index (κ3) is 5.09. The summed E-state index contributed by atoms with van der Waals surface area (Å²) in [7, 11) is 0. The van der Waals surface area contributed by atoms with Crippen LogP contribution in [0, 0.1) is 0 Å². The number of nitrogens with one attached hydrogen (secondary N) is 1. The van der Waals surface area contributed by atoms with Crippen LogP contribution in [-0.4, -0.2) is 50.5 Å². The summed E-state index contributed by atoms with van der Waals surface area (Å²) in [4.78, 5) is 22.1. The molecule has 0 radical (unpaired) electrons. The number of carbonyl (C=O) groups excluding carboxylic acids is 1. The highest BCUT2D eigenvalue weighted by Gasteiger charge is 2.19. The monoisotopic (exact) mass is 496 g/mol. The van der Waals surface area contributed by atoms with E-state index in [0.717, 1.165) is 54.2 Å². The number of anilines is 2. The smallest absolute Gasteiger partial charge is 0.258 e. The molecule has 1 amide bonds. The molecule has 0 unspecified atom stereocenters. The lowest BCUT2D eigenvalue weighted by atomic mass is 10.2. The van der Waals surface area contributed by atoms with Gasteiger partial charge in [-0.3, -0.25) is 4.79 Å². The standard InChI is InChI=1S/C29H28N4O4/c34-28(30-18-21-9-11-24-26(17-21)37-20-36-24)19-35-25-8-4-5-22-10-12-27(31-29(22)25)33-15-13-32(14-16-33)23-6-2-1-3-7-23/h1-12,17H,13-16,18-20H2,(H,30,34). The Kier molecular flexibility index (Phi) is 6.37. The van der Waals surface area contributed by atoms with E-state index < -0.39 is 0 Å². The first-order valence-electron chi connectivity index (χ1n) is 12.5. The lowest BCUT2D eigenvalue weighted by molar-refractivity contribution is -0.123. The molecule has 1 N–H and O–H groups in total. The first kappa shape index (κ1) is 23.0. The fourth-order valence-corrected chi connectivity index (χ4v) is 4.68. The number of fused-ring (bicyclic) bond motifs is 2. The number of ether oxygens (including phenoxy) is 3. The molecule has 0 spiro atoms. The number of hydrogen-bond donors (Lipinski definition) is 1. The van der Waals surface area contributed by atoms with Gasteiger partial charge in [-0.25, -0.2) is 4.98 Å². The first-order chi connectivity index (χ1) is 18.2. The normalized spacial score (nSPS) is 14.6. The molecular formula is C29H28N4O4. The zero-order valence-corrected chi connectivity index (χ0v) is 20.4. The van der Waals surface area contributed by atoms with E-state index in [2.05, 4.69) is 51.5 Å². The Bertz CT molecular complexity index is 1400. The molecule has 0 aliphatic carbocycles. The summed E-state index contributed by atoms with van der Waals surface area (Å²) in [6.07, 6.45) is 0. The topological polar surface area (TPSA) is 76.2 Å². The highest BCUT2D eigenvalue weighted by atomic mass is 16.7. The van der Waals surface area contributed by atoms with E-state index in [1.165, 1.54) is 5.69 Å². The maximum absolute atomic E-state index is 12.5. The number of amides is 1. The summed E-state index contributed by atoms with van der Waals surface area (Å²) in [5.74, 6) is 2.73. The van der Waals surface area contributed by atoms with Crippen LogP contribution in [0.25, 0.3) is 10.9 Å². The molecule has 8 nitrogen and oxygen atoms in total. The highest BCUT2D eigenvalue weighted by molar-refractivity contribution is 5.86. The van der Waals surface area contributed by atoms with Crippen molar-refractivity contribution in [3.63, 3.8) is 0 Å². The van der Waals surface area contributed by atoms with E-state index >= 15 is 0 Å². The quantitative estimate of drug-likeness (QED) is 0.415. The number of hydrogen-bond acceptors (Lipinski definition) is 7. The maximum atomic E-state index is 12.5. The van der Waals surface area contributed by atoms with Gasteiger partial charge in [-0.1, -0.05) is 36.4 Å². The molecule has 188 valence electrons. The molecule has 1 fully saturated rings. The molecule has 2 aliphatic rings. The minimum absolute atomic E-state index is 0.0919. The van der Waals surface area contributed by atoms with Gasteiger partial charge in [0.2, 0.25) is 6.79 Å². The Labute approximate surface area is 215 Å². The van der Waals surface area contributed by atoms with E-state index in [1.807, 2.05) is 42.5 Å². The van der Waals surface area contributed by atoms with Crippen LogP contribution in [-0.2, 0) is 11.3 Å². The summed E-state index contributed by atoms with van der Waals surface area (Å²) >= 11 is 0. The lowest BCUT2D eigenvalue weighted by Crippen LogP contribution is -2.46.